The van der Waals surface area contributed by atoms with Gasteiger partial charge in [0.15, 0.2) is 0 Å². The van der Waals surface area contributed by atoms with Crippen molar-refractivity contribution in [3.8, 4) is 0 Å². The van der Waals surface area contributed by atoms with E-state index in [1.165, 1.54) is 0 Å². The van der Waals surface area contributed by atoms with Crippen LogP contribution in [0.15, 0.2) is 45.5 Å². The summed E-state index contributed by atoms with van der Waals surface area (Å²) >= 11 is 3.42. The molecule has 6 heteroatoms. The molecule has 0 bridgehead atoms. The van der Waals surface area contributed by atoms with Crippen LogP contribution in [0.2, 0.25) is 0 Å². The highest BCUT2D eigenvalue weighted by Gasteiger charge is 2.16. The van der Waals surface area contributed by atoms with Crippen LogP contribution in [0.4, 0.5) is 10.5 Å². The van der Waals surface area contributed by atoms with Gasteiger partial charge in [-0.1, -0.05) is 12.1 Å². The van der Waals surface area contributed by atoms with E-state index >= 15 is 0 Å². The van der Waals surface area contributed by atoms with Gasteiger partial charge in [-0.15, -0.1) is 0 Å². The first-order chi connectivity index (χ1) is 10.8. The van der Waals surface area contributed by atoms with E-state index in [1.807, 2.05) is 51.1 Å². The molecule has 2 N–H and O–H groups in total. The summed E-state index contributed by atoms with van der Waals surface area (Å²) in [5.74, 6) is 0.869. The maximum Gasteiger partial charge on any atom is 0.412 e. The Bertz CT molecular complexity index is 645. The first-order valence-electron chi connectivity index (χ1n) is 7.35. The number of rotatable bonds is 5. The molecule has 0 spiro atoms. The molecule has 124 valence electrons. The van der Waals surface area contributed by atoms with Crippen LogP contribution in [0.25, 0.3) is 0 Å². The monoisotopic (exact) mass is 380 g/mol. The lowest BCUT2D eigenvalue weighted by molar-refractivity contribution is 0.0636. The zero-order valence-electron chi connectivity index (χ0n) is 13.5. The van der Waals surface area contributed by atoms with Crippen molar-refractivity contribution in [2.45, 2.75) is 39.5 Å². The van der Waals surface area contributed by atoms with Gasteiger partial charge in [0.05, 0.1) is 17.3 Å². The predicted molar refractivity (Wildman–Crippen MR) is 93.3 cm³/mol. The molecule has 1 heterocycles. The van der Waals surface area contributed by atoms with Crippen LogP contribution < -0.4 is 10.6 Å². The van der Waals surface area contributed by atoms with Crippen LogP contribution in [0.3, 0.4) is 0 Å². The van der Waals surface area contributed by atoms with Gasteiger partial charge in [0.25, 0.3) is 0 Å². The number of amides is 1. The number of furan rings is 1. The Balaban J connectivity index is 1.80. The Hall–Kier alpha value is -1.79. The van der Waals surface area contributed by atoms with Gasteiger partial charge in [-0.3, -0.25) is 5.32 Å². The zero-order valence-corrected chi connectivity index (χ0v) is 15.1. The highest BCUT2D eigenvalue weighted by molar-refractivity contribution is 9.10. The number of carbonyl (C=O) groups excluding carboxylic acids is 1. The summed E-state index contributed by atoms with van der Waals surface area (Å²) in [7, 11) is 0. The summed E-state index contributed by atoms with van der Waals surface area (Å²) in [5.41, 5.74) is 1.31. The smallest absolute Gasteiger partial charge is 0.412 e. The van der Waals surface area contributed by atoms with Gasteiger partial charge < -0.3 is 14.5 Å². The van der Waals surface area contributed by atoms with E-state index in [4.69, 9.17) is 9.15 Å². The molecule has 1 aromatic heterocycles. The van der Waals surface area contributed by atoms with Gasteiger partial charge in [-0.05, 0) is 60.5 Å². The Kier molecular flexibility index (Phi) is 5.85. The van der Waals surface area contributed by atoms with E-state index < -0.39 is 11.7 Å². The standard InChI is InChI=1S/C17H21BrN2O3/c1-17(2,3)23-16(21)20-13-6-4-12(5-7-13)10-19-11-15-14(18)8-9-22-15/h4-9,19H,10-11H2,1-3H3,(H,20,21). The third-order valence-electron chi connectivity index (χ3n) is 2.90. The summed E-state index contributed by atoms with van der Waals surface area (Å²) in [6.45, 7) is 6.85. The second-order valence-electron chi connectivity index (χ2n) is 6.12. The van der Waals surface area contributed by atoms with Crippen LogP contribution in [0.5, 0.6) is 0 Å². The largest absolute Gasteiger partial charge is 0.467 e. The number of benzene rings is 1. The Morgan fingerprint density at radius 3 is 2.43 bits per heavy atom. The van der Waals surface area contributed by atoms with E-state index in [1.54, 1.807) is 6.26 Å². The lowest BCUT2D eigenvalue weighted by Gasteiger charge is -2.19. The van der Waals surface area contributed by atoms with Crippen molar-refractivity contribution in [2.24, 2.45) is 0 Å². The summed E-state index contributed by atoms with van der Waals surface area (Å²) in [6, 6.07) is 9.48. The number of carbonyl (C=O) groups is 1. The number of halogens is 1. The predicted octanol–water partition coefficient (Wildman–Crippen LogP) is 4.68. The Labute approximate surface area is 144 Å². The lowest BCUT2D eigenvalue weighted by atomic mass is 10.2. The molecule has 0 aliphatic heterocycles. The molecule has 0 atom stereocenters. The quantitative estimate of drug-likeness (QED) is 0.790. The average Bonchev–Trinajstić information content (AvgIpc) is 2.84. The van der Waals surface area contributed by atoms with Crippen LogP contribution in [0.1, 0.15) is 32.1 Å². The molecule has 1 amide bonds. The van der Waals surface area contributed by atoms with E-state index in [0.717, 1.165) is 15.8 Å². The molecular formula is C17H21BrN2O3. The first kappa shape index (κ1) is 17.6. The fourth-order valence-corrected chi connectivity index (χ4v) is 2.24. The van der Waals surface area contributed by atoms with Crippen molar-refractivity contribution >= 4 is 27.7 Å². The molecule has 0 unspecified atom stereocenters. The van der Waals surface area contributed by atoms with Crippen LogP contribution in [-0.2, 0) is 17.8 Å². The van der Waals surface area contributed by atoms with Gasteiger partial charge in [0.1, 0.15) is 11.4 Å². The molecule has 23 heavy (non-hydrogen) atoms. The van der Waals surface area contributed by atoms with Crippen LogP contribution >= 0.6 is 15.9 Å². The second-order valence-corrected chi connectivity index (χ2v) is 6.97. The minimum absolute atomic E-state index is 0.453. The molecule has 1 aromatic carbocycles. The summed E-state index contributed by atoms with van der Waals surface area (Å²) in [4.78, 5) is 11.7. The highest BCUT2D eigenvalue weighted by atomic mass is 79.9. The van der Waals surface area contributed by atoms with Gasteiger partial charge in [0.2, 0.25) is 0 Å². The summed E-state index contributed by atoms with van der Waals surface area (Å²) in [6.07, 6.45) is 1.20. The van der Waals surface area contributed by atoms with Gasteiger partial charge >= 0.3 is 6.09 Å². The molecule has 5 nitrogen and oxygen atoms in total. The first-order valence-corrected chi connectivity index (χ1v) is 8.14. The number of ether oxygens (including phenoxy) is 1. The van der Waals surface area contributed by atoms with Gasteiger partial charge in [-0.25, -0.2) is 4.79 Å². The third kappa shape index (κ3) is 6.08. The Morgan fingerprint density at radius 2 is 1.87 bits per heavy atom. The minimum atomic E-state index is -0.506. The van der Waals surface area contributed by atoms with Crippen molar-refractivity contribution in [2.75, 3.05) is 5.32 Å². The van der Waals surface area contributed by atoms with E-state index in [9.17, 15) is 4.79 Å². The molecule has 0 fully saturated rings. The maximum atomic E-state index is 11.7. The van der Waals surface area contributed by atoms with E-state index in [0.29, 0.717) is 18.8 Å². The molecule has 2 aromatic rings. The van der Waals surface area contributed by atoms with Crippen LogP contribution in [-0.4, -0.2) is 11.7 Å². The van der Waals surface area contributed by atoms with Crippen molar-refractivity contribution in [1.29, 1.82) is 0 Å². The number of hydrogen-bond donors (Lipinski definition) is 2. The minimum Gasteiger partial charge on any atom is -0.467 e. The third-order valence-corrected chi connectivity index (χ3v) is 3.61. The van der Waals surface area contributed by atoms with Crippen molar-refractivity contribution in [1.82, 2.24) is 5.32 Å². The van der Waals surface area contributed by atoms with Crippen molar-refractivity contribution < 1.29 is 13.9 Å². The number of hydrogen-bond acceptors (Lipinski definition) is 4. The second kappa shape index (κ2) is 7.66. The zero-order chi connectivity index (χ0) is 16.9. The highest BCUT2D eigenvalue weighted by Crippen LogP contribution is 2.17. The number of nitrogens with one attached hydrogen (secondary N) is 2. The SMILES string of the molecule is CC(C)(C)OC(=O)Nc1ccc(CNCc2occc2Br)cc1. The molecular weight excluding hydrogens is 360 g/mol. The molecule has 0 radical (unpaired) electrons. The lowest BCUT2D eigenvalue weighted by Crippen LogP contribution is -2.27. The van der Waals surface area contributed by atoms with Gasteiger partial charge in [0, 0.05) is 12.2 Å². The molecule has 0 saturated carbocycles. The fraction of sp³-hybridized carbons (Fsp3) is 0.353. The summed E-state index contributed by atoms with van der Waals surface area (Å²) < 4.78 is 11.5. The van der Waals surface area contributed by atoms with Crippen molar-refractivity contribution in [3.63, 3.8) is 0 Å². The van der Waals surface area contributed by atoms with E-state index in [2.05, 4.69) is 26.6 Å². The van der Waals surface area contributed by atoms with Crippen molar-refractivity contribution in [3.05, 3.63) is 52.4 Å². The average molecular weight is 381 g/mol. The topological polar surface area (TPSA) is 63.5 Å². The van der Waals surface area contributed by atoms with Crippen LogP contribution in [0, 0.1) is 0 Å². The molecule has 2 rings (SSSR count). The maximum absolute atomic E-state index is 11.7. The number of anilines is 1. The Morgan fingerprint density at radius 1 is 1.17 bits per heavy atom. The normalized spacial score (nSPS) is 11.3. The molecule has 0 aliphatic carbocycles. The fourth-order valence-electron chi connectivity index (χ4n) is 1.90. The van der Waals surface area contributed by atoms with E-state index in [-0.39, 0.29) is 0 Å². The molecule has 0 aliphatic rings. The molecule has 0 saturated heterocycles. The summed E-state index contributed by atoms with van der Waals surface area (Å²) in [5, 5.41) is 6.01. The van der Waals surface area contributed by atoms with Gasteiger partial charge in [-0.2, -0.15) is 0 Å².